The van der Waals surface area contributed by atoms with Crippen molar-refractivity contribution in [3.63, 3.8) is 0 Å². The Morgan fingerprint density at radius 2 is 1.48 bits per heavy atom. The molecule has 1 aliphatic heterocycles. The molecule has 1 amide bonds. The van der Waals surface area contributed by atoms with E-state index < -0.39 is 0 Å². The summed E-state index contributed by atoms with van der Waals surface area (Å²) in [5.74, 6) is 1.05. The first-order valence-electron chi connectivity index (χ1n) is 15.2. The van der Waals surface area contributed by atoms with E-state index >= 15 is 0 Å². The summed E-state index contributed by atoms with van der Waals surface area (Å²) >= 11 is 0. The number of carbonyl (C=O) groups excluding carboxylic acids is 1. The number of aliphatic hydroxyl groups is 1. The quantitative estimate of drug-likeness (QED) is 0.155. The van der Waals surface area contributed by atoms with Crippen molar-refractivity contribution in [2.45, 2.75) is 39.5 Å². The van der Waals surface area contributed by atoms with Crippen molar-refractivity contribution in [1.82, 2.24) is 4.90 Å². The van der Waals surface area contributed by atoms with E-state index in [1.165, 1.54) is 6.21 Å². The standard InChI is InChI=1S/C27H35N3O3.C9H12N2O.Co/c1-7-29(8-2)26(31)20-12-10-19(11-13-20)18-27(4)21-16-23(32-5)24(33-6)17-22(21)30(9-3)25(27)14-15-28;1-11(2)8-5-3-7(4-6-8)9(10)12;/h10-17,28H,7-9,18H2,1-6H3;3-6H,1-2H3,(H2,10,12);/b25-14-,28-15?;;. The Kier molecular flexibility index (Phi) is 13.9. The Hall–Kier alpha value is -4.28. The molecule has 0 bridgehead atoms. The van der Waals surface area contributed by atoms with Gasteiger partial charge in [-0.1, -0.05) is 12.1 Å². The molecule has 9 nitrogen and oxygen atoms in total. The molecular formula is C36H47CoN5O4. The minimum atomic E-state index is -0.389. The molecule has 0 aliphatic carbocycles. The van der Waals surface area contributed by atoms with Gasteiger partial charge in [0, 0.05) is 96.4 Å². The monoisotopic (exact) mass is 672 g/mol. The zero-order chi connectivity index (χ0) is 33.3. The second kappa shape index (κ2) is 16.9. The van der Waals surface area contributed by atoms with Crippen LogP contribution in [0.4, 0.5) is 11.4 Å². The number of aliphatic hydroxyl groups excluding tert-OH is 1. The van der Waals surface area contributed by atoms with Crippen molar-refractivity contribution >= 4 is 29.4 Å². The van der Waals surface area contributed by atoms with Crippen molar-refractivity contribution in [3.8, 4) is 11.5 Å². The number of carbonyl (C=O) groups is 1. The summed E-state index contributed by atoms with van der Waals surface area (Å²) in [7, 11) is 7.18. The number of likely N-dealkylation sites (N-methyl/N-ethyl adjacent to an activating group) is 1. The average molecular weight is 673 g/mol. The van der Waals surface area contributed by atoms with E-state index in [-0.39, 0.29) is 34.0 Å². The first-order chi connectivity index (χ1) is 21.5. The van der Waals surface area contributed by atoms with Gasteiger partial charge < -0.3 is 34.7 Å². The van der Waals surface area contributed by atoms with Crippen LogP contribution in [-0.2, 0) is 28.6 Å². The largest absolute Gasteiger partial charge is 0.493 e. The van der Waals surface area contributed by atoms with Gasteiger partial charge in [0.1, 0.15) is 0 Å². The second-order valence-electron chi connectivity index (χ2n) is 11.2. The topological polar surface area (TPSA) is 113 Å². The number of hydrogen-bond donors (Lipinski definition) is 3. The summed E-state index contributed by atoms with van der Waals surface area (Å²) in [6.45, 7) is 10.5. The van der Waals surface area contributed by atoms with Crippen LogP contribution >= 0.6 is 0 Å². The molecule has 1 radical (unpaired) electrons. The Morgan fingerprint density at radius 1 is 0.935 bits per heavy atom. The van der Waals surface area contributed by atoms with Crippen molar-refractivity contribution in [1.29, 1.82) is 10.8 Å². The van der Waals surface area contributed by atoms with Gasteiger partial charge in [0.25, 0.3) is 5.91 Å². The van der Waals surface area contributed by atoms with Gasteiger partial charge in [-0.25, -0.2) is 0 Å². The molecule has 4 rings (SSSR count). The van der Waals surface area contributed by atoms with Crippen LogP contribution in [0.15, 0.2) is 72.4 Å². The number of anilines is 2. The normalized spacial score (nSPS) is 15.6. The summed E-state index contributed by atoms with van der Waals surface area (Å²) in [5.41, 5.74) is 6.33. The molecule has 0 saturated carbocycles. The SMILES string of the molecule is CCN(CC)C(=O)c1ccc(CC2(C)/C(=C/C=N)N(CC)c3cc(OC)c(OC)cc32)cc1.CN(C)c1ccc(C(=N)O)cc1.[Co]. The Morgan fingerprint density at radius 3 is 1.93 bits per heavy atom. The molecule has 46 heavy (non-hydrogen) atoms. The van der Waals surface area contributed by atoms with Gasteiger partial charge in [-0.05, 0) is 93.8 Å². The third-order valence-corrected chi connectivity index (χ3v) is 8.27. The predicted molar refractivity (Wildman–Crippen MR) is 184 cm³/mol. The summed E-state index contributed by atoms with van der Waals surface area (Å²) in [5, 5.41) is 23.6. The molecule has 0 fully saturated rings. The minimum absolute atomic E-state index is 0. The van der Waals surface area contributed by atoms with Gasteiger partial charge in [-0.2, -0.15) is 0 Å². The summed E-state index contributed by atoms with van der Waals surface area (Å²) < 4.78 is 11.2. The van der Waals surface area contributed by atoms with Crippen molar-refractivity contribution < 1.29 is 36.2 Å². The number of nitrogens with one attached hydrogen (secondary N) is 2. The molecule has 1 aliphatic rings. The van der Waals surface area contributed by atoms with E-state index in [0.29, 0.717) is 35.7 Å². The van der Waals surface area contributed by atoms with E-state index in [4.69, 9.17) is 25.4 Å². The molecule has 249 valence electrons. The molecule has 3 aromatic carbocycles. The predicted octanol–water partition coefficient (Wildman–Crippen LogP) is 6.69. The van der Waals surface area contributed by atoms with Crippen molar-refractivity contribution in [3.05, 3.63) is 94.7 Å². The molecule has 3 aromatic rings. The van der Waals surface area contributed by atoms with Gasteiger partial charge in [0.2, 0.25) is 5.90 Å². The summed E-state index contributed by atoms with van der Waals surface area (Å²) in [4.78, 5) is 18.7. The molecule has 0 spiro atoms. The fourth-order valence-electron chi connectivity index (χ4n) is 5.76. The average Bonchev–Trinajstić information content (AvgIpc) is 3.27. The Labute approximate surface area is 284 Å². The van der Waals surface area contributed by atoms with Crippen LogP contribution in [0, 0.1) is 10.8 Å². The van der Waals surface area contributed by atoms with Crippen LogP contribution in [0.5, 0.6) is 11.5 Å². The van der Waals surface area contributed by atoms with Gasteiger partial charge >= 0.3 is 0 Å². The van der Waals surface area contributed by atoms with Crippen LogP contribution in [0.3, 0.4) is 0 Å². The number of allylic oxidation sites excluding steroid dienone is 2. The fraction of sp³-hybridized carbons (Fsp3) is 0.361. The number of ether oxygens (including phenoxy) is 2. The van der Waals surface area contributed by atoms with E-state index in [0.717, 1.165) is 41.2 Å². The number of methoxy groups -OCH3 is 2. The summed E-state index contributed by atoms with van der Waals surface area (Å²) in [6.07, 6.45) is 3.95. The van der Waals surface area contributed by atoms with E-state index in [1.807, 2.05) is 86.3 Å². The Balaban J connectivity index is 0.000000477. The molecule has 1 unspecified atom stereocenters. The zero-order valence-electron chi connectivity index (χ0n) is 28.1. The number of rotatable bonds is 11. The van der Waals surface area contributed by atoms with Crippen LogP contribution in [0.1, 0.15) is 54.7 Å². The molecule has 3 N–H and O–H groups in total. The number of fused-ring (bicyclic) bond motifs is 1. The number of amides is 1. The fourth-order valence-corrected chi connectivity index (χ4v) is 5.76. The van der Waals surface area contributed by atoms with Gasteiger partial charge in [-0.3, -0.25) is 10.2 Å². The first-order valence-corrected chi connectivity index (χ1v) is 15.2. The summed E-state index contributed by atoms with van der Waals surface area (Å²) in [6, 6.07) is 19.2. The smallest absolute Gasteiger partial charge is 0.253 e. The van der Waals surface area contributed by atoms with Gasteiger partial charge in [0.15, 0.2) is 11.5 Å². The third kappa shape index (κ3) is 8.10. The van der Waals surface area contributed by atoms with Crippen LogP contribution < -0.4 is 19.3 Å². The molecule has 0 saturated heterocycles. The third-order valence-electron chi connectivity index (χ3n) is 8.27. The molecule has 10 heteroatoms. The number of benzene rings is 3. The number of nitrogens with zero attached hydrogens (tertiary/aromatic N) is 3. The molecule has 0 aromatic heterocycles. The second-order valence-corrected chi connectivity index (χ2v) is 11.2. The van der Waals surface area contributed by atoms with E-state index in [9.17, 15) is 4.79 Å². The molecule has 1 atom stereocenters. The van der Waals surface area contributed by atoms with E-state index in [2.05, 4.69) is 24.8 Å². The van der Waals surface area contributed by atoms with Crippen LogP contribution in [-0.4, -0.2) is 76.0 Å². The van der Waals surface area contributed by atoms with Crippen molar-refractivity contribution in [2.24, 2.45) is 0 Å². The van der Waals surface area contributed by atoms with Gasteiger partial charge in [-0.15, -0.1) is 0 Å². The minimum Gasteiger partial charge on any atom is -0.493 e. The maximum Gasteiger partial charge on any atom is 0.253 e. The zero-order valence-corrected chi connectivity index (χ0v) is 29.1. The maximum absolute atomic E-state index is 12.7. The maximum atomic E-state index is 12.7. The van der Waals surface area contributed by atoms with Crippen LogP contribution in [0.25, 0.3) is 0 Å². The number of hydrogen-bond acceptors (Lipinski definition) is 7. The Bertz CT molecular complexity index is 1520. The van der Waals surface area contributed by atoms with Gasteiger partial charge in [0.05, 0.1) is 14.2 Å². The molecular weight excluding hydrogens is 625 g/mol. The first kappa shape index (κ1) is 37.9. The van der Waals surface area contributed by atoms with E-state index in [1.54, 1.807) is 26.4 Å². The van der Waals surface area contributed by atoms with Crippen molar-refractivity contribution in [2.75, 3.05) is 57.7 Å². The van der Waals surface area contributed by atoms with Crippen LogP contribution in [0.2, 0.25) is 0 Å². The molecule has 1 heterocycles.